The van der Waals surface area contributed by atoms with Crippen molar-refractivity contribution in [3.63, 3.8) is 0 Å². The van der Waals surface area contributed by atoms with Crippen molar-refractivity contribution >= 4 is 17.4 Å². The number of piperazine rings is 1. The smallest absolute Gasteiger partial charge is 0.103 e. The van der Waals surface area contributed by atoms with Gasteiger partial charge >= 0.3 is 0 Å². The highest BCUT2D eigenvalue weighted by Gasteiger charge is 2.19. The van der Waals surface area contributed by atoms with Crippen LogP contribution in [0.15, 0.2) is 23.1 Å². The lowest BCUT2D eigenvalue weighted by Crippen LogP contribution is -2.46. The Morgan fingerprint density at radius 2 is 1.95 bits per heavy atom. The molecule has 1 heterocycles. The number of likely N-dealkylation sites (N-methyl/N-ethyl adjacent to an activating group) is 1. The van der Waals surface area contributed by atoms with Gasteiger partial charge in [0.1, 0.15) is 6.07 Å². The summed E-state index contributed by atoms with van der Waals surface area (Å²) in [6.45, 7) is 9.66. The highest BCUT2D eigenvalue weighted by Crippen LogP contribution is 2.30. The summed E-state index contributed by atoms with van der Waals surface area (Å²) in [5.74, 6) is 1.00. The van der Waals surface area contributed by atoms with Gasteiger partial charge in [0.25, 0.3) is 0 Å². The largest absolute Gasteiger partial charge is 0.368 e. The van der Waals surface area contributed by atoms with Gasteiger partial charge in [-0.05, 0) is 24.4 Å². The molecule has 19 heavy (non-hydrogen) atoms. The van der Waals surface area contributed by atoms with Gasteiger partial charge in [-0.25, -0.2) is 0 Å². The summed E-state index contributed by atoms with van der Waals surface area (Å²) in [6, 6.07) is 8.60. The minimum atomic E-state index is 0.847. The summed E-state index contributed by atoms with van der Waals surface area (Å²) in [7, 11) is 0. The van der Waals surface area contributed by atoms with E-state index in [1.165, 1.54) is 0 Å². The first-order chi connectivity index (χ1) is 9.30. The predicted molar refractivity (Wildman–Crippen MR) is 81.9 cm³/mol. The highest BCUT2D eigenvalue weighted by molar-refractivity contribution is 7.99. The SMILES string of the molecule is CCSc1cccc(N2CCN(CC)CC2)c1C#N. The second-order valence-electron chi connectivity index (χ2n) is 4.62. The van der Waals surface area contributed by atoms with Crippen LogP contribution in [0.25, 0.3) is 0 Å². The van der Waals surface area contributed by atoms with Gasteiger partial charge < -0.3 is 9.80 Å². The molecule has 2 rings (SSSR count). The number of anilines is 1. The molecular weight excluding hydrogens is 254 g/mol. The molecule has 0 spiro atoms. The molecule has 0 aliphatic carbocycles. The van der Waals surface area contributed by atoms with Crippen LogP contribution >= 0.6 is 11.8 Å². The van der Waals surface area contributed by atoms with Gasteiger partial charge in [-0.15, -0.1) is 11.8 Å². The van der Waals surface area contributed by atoms with Crippen LogP contribution in [-0.2, 0) is 0 Å². The fraction of sp³-hybridized carbons (Fsp3) is 0.533. The maximum Gasteiger partial charge on any atom is 0.103 e. The van der Waals surface area contributed by atoms with Crippen LogP contribution in [-0.4, -0.2) is 43.4 Å². The summed E-state index contributed by atoms with van der Waals surface area (Å²) in [5.41, 5.74) is 1.95. The van der Waals surface area contributed by atoms with Crippen molar-refractivity contribution in [3.8, 4) is 6.07 Å². The fourth-order valence-corrected chi connectivity index (χ4v) is 3.26. The van der Waals surface area contributed by atoms with Crippen LogP contribution in [0.3, 0.4) is 0 Å². The molecule has 0 bridgehead atoms. The van der Waals surface area contributed by atoms with Gasteiger partial charge in [0.15, 0.2) is 0 Å². The van der Waals surface area contributed by atoms with Gasteiger partial charge in [-0.2, -0.15) is 5.26 Å². The average molecular weight is 275 g/mol. The van der Waals surface area contributed by atoms with Crippen LogP contribution in [0.5, 0.6) is 0 Å². The Bertz CT molecular complexity index is 459. The summed E-state index contributed by atoms with van der Waals surface area (Å²) in [4.78, 5) is 5.91. The van der Waals surface area contributed by atoms with Crippen molar-refractivity contribution in [2.75, 3.05) is 43.4 Å². The minimum Gasteiger partial charge on any atom is -0.368 e. The molecule has 0 atom stereocenters. The zero-order chi connectivity index (χ0) is 13.7. The molecule has 1 fully saturated rings. The predicted octanol–water partition coefficient (Wildman–Crippen LogP) is 2.81. The molecule has 0 unspecified atom stereocenters. The summed E-state index contributed by atoms with van der Waals surface area (Å²) in [5, 5.41) is 9.45. The first-order valence-corrected chi connectivity index (χ1v) is 7.91. The molecule has 3 nitrogen and oxygen atoms in total. The van der Waals surface area contributed by atoms with Crippen molar-refractivity contribution in [1.82, 2.24) is 4.90 Å². The van der Waals surface area contributed by atoms with Crippen LogP contribution in [0.1, 0.15) is 19.4 Å². The molecule has 0 N–H and O–H groups in total. The Balaban J connectivity index is 2.21. The molecule has 1 aliphatic heterocycles. The Labute approximate surface area is 120 Å². The van der Waals surface area contributed by atoms with Crippen molar-refractivity contribution in [1.29, 1.82) is 5.26 Å². The minimum absolute atomic E-state index is 0.847. The highest BCUT2D eigenvalue weighted by atomic mass is 32.2. The van der Waals surface area contributed by atoms with Gasteiger partial charge in [-0.3, -0.25) is 0 Å². The number of hydrogen-bond acceptors (Lipinski definition) is 4. The van der Waals surface area contributed by atoms with Gasteiger partial charge in [-0.1, -0.05) is 19.9 Å². The lowest BCUT2D eigenvalue weighted by Gasteiger charge is -2.36. The Kier molecular flexibility index (Phi) is 5.12. The molecule has 0 saturated carbocycles. The maximum atomic E-state index is 9.45. The Morgan fingerprint density at radius 1 is 1.21 bits per heavy atom. The standard InChI is InChI=1S/C15H21N3S/c1-3-17-8-10-18(11-9-17)14-6-5-7-15(19-4-2)13(14)12-16/h5-7H,3-4,8-11H2,1-2H3. The van der Waals surface area contributed by atoms with Crippen molar-refractivity contribution < 1.29 is 0 Å². The normalized spacial score (nSPS) is 16.4. The average Bonchev–Trinajstić information content (AvgIpc) is 2.47. The molecule has 1 aromatic rings. The molecule has 0 amide bonds. The number of thioether (sulfide) groups is 1. The molecule has 0 radical (unpaired) electrons. The number of benzene rings is 1. The second-order valence-corrected chi connectivity index (χ2v) is 5.92. The van der Waals surface area contributed by atoms with Crippen molar-refractivity contribution in [2.24, 2.45) is 0 Å². The zero-order valence-electron chi connectivity index (χ0n) is 11.7. The van der Waals surface area contributed by atoms with E-state index in [1.807, 2.05) is 0 Å². The van der Waals surface area contributed by atoms with E-state index in [0.29, 0.717) is 0 Å². The fourth-order valence-electron chi connectivity index (χ4n) is 2.48. The molecule has 102 valence electrons. The summed E-state index contributed by atoms with van der Waals surface area (Å²) in [6.07, 6.45) is 0. The lowest BCUT2D eigenvalue weighted by atomic mass is 10.1. The third-order valence-corrected chi connectivity index (χ3v) is 4.52. The van der Waals surface area contributed by atoms with Crippen LogP contribution in [0, 0.1) is 11.3 Å². The second kappa shape index (κ2) is 6.83. The summed E-state index contributed by atoms with van der Waals surface area (Å²) >= 11 is 1.75. The van der Waals surface area contributed by atoms with E-state index < -0.39 is 0 Å². The van der Waals surface area contributed by atoms with E-state index >= 15 is 0 Å². The van der Waals surface area contributed by atoms with Crippen molar-refractivity contribution in [3.05, 3.63) is 23.8 Å². The molecule has 1 aliphatic rings. The quantitative estimate of drug-likeness (QED) is 0.791. The number of nitrogens with zero attached hydrogens (tertiary/aromatic N) is 3. The summed E-state index contributed by atoms with van der Waals surface area (Å²) < 4.78 is 0. The maximum absolute atomic E-state index is 9.45. The topological polar surface area (TPSA) is 30.3 Å². The van der Waals surface area contributed by atoms with Gasteiger partial charge in [0, 0.05) is 31.1 Å². The third kappa shape index (κ3) is 3.23. The van der Waals surface area contributed by atoms with Crippen molar-refractivity contribution in [2.45, 2.75) is 18.7 Å². The van der Waals surface area contributed by atoms with E-state index in [9.17, 15) is 5.26 Å². The van der Waals surface area contributed by atoms with Crippen LogP contribution < -0.4 is 4.90 Å². The third-order valence-electron chi connectivity index (χ3n) is 3.58. The van der Waals surface area contributed by atoms with E-state index in [0.717, 1.165) is 54.6 Å². The van der Waals surface area contributed by atoms with Crippen LogP contribution in [0.2, 0.25) is 0 Å². The lowest BCUT2D eigenvalue weighted by molar-refractivity contribution is 0.271. The Morgan fingerprint density at radius 3 is 2.53 bits per heavy atom. The number of rotatable bonds is 4. The first kappa shape index (κ1) is 14.2. The van der Waals surface area contributed by atoms with E-state index in [2.05, 4.69) is 47.9 Å². The molecular formula is C15H21N3S. The Hall–Kier alpha value is -1.18. The molecule has 1 saturated heterocycles. The number of nitriles is 1. The first-order valence-electron chi connectivity index (χ1n) is 6.93. The number of hydrogen-bond donors (Lipinski definition) is 0. The molecule has 4 heteroatoms. The van der Waals surface area contributed by atoms with Gasteiger partial charge in [0.05, 0.1) is 11.3 Å². The molecule has 0 aromatic heterocycles. The van der Waals surface area contributed by atoms with Gasteiger partial charge in [0.2, 0.25) is 0 Å². The van der Waals surface area contributed by atoms with E-state index in [4.69, 9.17) is 0 Å². The molecule has 1 aromatic carbocycles. The zero-order valence-corrected chi connectivity index (χ0v) is 12.5. The monoisotopic (exact) mass is 275 g/mol. The van der Waals surface area contributed by atoms with E-state index in [-0.39, 0.29) is 0 Å². The van der Waals surface area contributed by atoms with E-state index in [1.54, 1.807) is 11.8 Å². The van der Waals surface area contributed by atoms with Crippen LogP contribution in [0.4, 0.5) is 5.69 Å².